The number of rotatable bonds is 7. The van der Waals surface area contributed by atoms with E-state index in [4.69, 9.17) is 9.84 Å². The van der Waals surface area contributed by atoms with E-state index < -0.39 is 12.0 Å². The summed E-state index contributed by atoms with van der Waals surface area (Å²) in [5.41, 5.74) is 0. The zero-order chi connectivity index (χ0) is 15.1. The van der Waals surface area contributed by atoms with Gasteiger partial charge >= 0.3 is 5.97 Å². The summed E-state index contributed by atoms with van der Waals surface area (Å²) < 4.78 is 5.33. The van der Waals surface area contributed by atoms with Gasteiger partial charge in [0.25, 0.3) is 0 Å². The molecule has 1 saturated heterocycles. The molecule has 6 nitrogen and oxygen atoms in total. The van der Waals surface area contributed by atoms with E-state index in [-0.39, 0.29) is 17.9 Å². The molecule has 0 aromatic heterocycles. The summed E-state index contributed by atoms with van der Waals surface area (Å²) in [5, 5.41) is 11.5. The van der Waals surface area contributed by atoms with Gasteiger partial charge in [-0.1, -0.05) is 26.7 Å². The Balaban J connectivity index is 2.79. The van der Waals surface area contributed by atoms with E-state index in [1.54, 1.807) is 0 Å². The Morgan fingerprint density at radius 1 is 1.25 bits per heavy atom. The number of hydrogen-bond acceptors (Lipinski definition) is 4. The monoisotopic (exact) mass is 286 g/mol. The number of ether oxygens (including phenoxy) is 1. The number of carbonyl (C=O) groups excluding carboxylic acids is 1. The van der Waals surface area contributed by atoms with E-state index in [9.17, 15) is 9.59 Å². The third kappa shape index (κ3) is 4.45. The maximum atomic E-state index is 12.5. The van der Waals surface area contributed by atoms with Crippen molar-refractivity contribution in [1.29, 1.82) is 0 Å². The number of aliphatic carboxylic acids is 1. The van der Waals surface area contributed by atoms with Crippen molar-refractivity contribution in [2.24, 2.45) is 5.92 Å². The van der Waals surface area contributed by atoms with Crippen LogP contribution in [0.4, 0.5) is 0 Å². The predicted octanol–water partition coefficient (Wildman–Crippen LogP) is 0.713. The van der Waals surface area contributed by atoms with Gasteiger partial charge in [-0.2, -0.15) is 0 Å². The Kier molecular flexibility index (Phi) is 6.95. The second kappa shape index (κ2) is 8.21. The van der Waals surface area contributed by atoms with Crippen LogP contribution in [0, 0.1) is 5.92 Å². The van der Waals surface area contributed by atoms with Crippen LogP contribution in [0.25, 0.3) is 0 Å². The van der Waals surface area contributed by atoms with Crippen LogP contribution in [-0.2, 0) is 14.3 Å². The molecule has 0 aromatic rings. The number of carboxylic acid groups (broad SMARTS) is 1. The Bertz CT molecular complexity index is 325. The molecule has 1 heterocycles. The molecule has 2 unspecified atom stereocenters. The van der Waals surface area contributed by atoms with Gasteiger partial charge in [-0.05, 0) is 12.8 Å². The number of nitrogens with one attached hydrogen (secondary N) is 1. The molecule has 0 bridgehead atoms. The van der Waals surface area contributed by atoms with Crippen LogP contribution in [0.1, 0.15) is 33.6 Å². The summed E-state index contributed by atoms with van der Waals surface area (Å²) in [6, 6.07) is -1.13. The third-order valence-corrected chi connectivity index (χ3v) is 3.93. The number of morpholine rings is 1. The summed E-state index contributed by atoms with van der Waals surface area (Å²) in [6.45, 7) is 8.30. The van der Waals surface area contributed by atoms with Crippen LogP contribution < -0.4 is 5.32 Å². The molecule has 0 radical (unpaired) electrons. The largest absolute Gasteiger partial charge is 0.480 e. The van der Waals surface area contributed by atoms with E-state index in [0.29, 0.717) is 13.2 Å². The van der Waals surface area contributed by atoms with E-state index >= 15 is 0 Å². The molecular formula is C14H26N2O4. The number of carbonyl (C=O) groups is 2. The Labute approximate surface area is 120 Å². The van der Waals surface area contributed by atoms with Crippen molar-refractivity contribution in [3.8, 4) is 0 Å². The second-order valence-corrected chi connectivity index (χ2v) is 5.24. The highest BCUT2D eigenvalue weighted by Crippen LogP contribution is 2.20. The number of nitrogens with zero attached hydrogens (tertiary/aromatic N) is 1. The van der Waals surface area contributed by atoms with Crippen LogP contribution in [0.5, 0.6) is 0 Å². The van der Waals surface area contributed by atoms with Crippen molar-refractivity contribution in [2.45, 2.75) is 45.7 Å². The SMILES string of the molecule is CCC(CC)C(C(=O)NC(C)C(=O)O)N1CCOCC1. The molecule has 0 aliphatic carbocycles. The van der Waals surface area contributed by atoms with Gasteiger partial charge < -0.3 is 15.2 Å². The fourth-order valence-corrected chi connectivity index (χ4v) is 2.63. The van der Waals surface area contributed by atoms with Crippen molar-refractivity contribution in [3.05, 3.63) is 0 Å². The topological polar surface area (TPSA) is 78.9 Å². The number of carboxylic acids is 1. The van der Waals surface area contributed by atoms with E-state index in [0.717, 1.165) is 25.9 Å². The van der Waals surface area contributed by atoms with E-state index in [1.165, 1.54) is 6.92 Å². The van der Waals surface area contributed by atoms with Crippen LogP contribution in [-0.4, -0.2) is 60.3 Å². The van der Waals surface area contributed by atoms with Gasteiger partial charge in [-0.3, -0.25) is 14.5 Å². The molecule has 2 N–H and O–H groups in total. The maximum Gasteiger partial charge on any atom is 0.325 e. The average Bonchev–Trinajstić information content (AvgIpc) is 2.45. The Hall–Kier alpha value is -1.14. The summed E-state index contributed by atoms with van der Waals surface area (Å²) in [6.07, 6.45) is 1.79. The fraction of sp³-hybridized carbons (Fsp3) is 0.857. The molecule has 116 valence electrons. The van der Waals surface area contributed by atoms with Gasteiger partial charge in [-0.15, -0.1) is 0 Å². The van der Waals surface area contributed by atoms with Crippen molar-refractivity contribution >= 4 is 11.9 Å². The standard InChI is InChI=1S/C14H26N2O4/c1-4-11(5-2)12(16-6-8-20-9-7-16)13(17)15-10(3)14(18)19/h10-12H,4-9H2,1-3H3,(H,15,17)(H,18,19). The molecule has 1 amide bonds. The Morgan fingerprint density at radius 2 is 1.80 bits per heavy atom. The van der Waals surface area contributed by atoms with Crippen LogP contribution in [0.3, 0.4) is 0 Å². The lowest BCUT2D eigenvalue weighted by Crippen LogP contribution is -2.56. The molecule has 0 saturated carbocycles. The van der Waals surface area contributed by atoms with Crippen molar-refractivity contribution in [2.75, 3.05) is 26.3 Å². The minimum atomic E-state index is -1.01. The first-order chi connectivity index (χ1) is 9.51. The van der Waals surface area contributed by atoms with Gasteiger partial charge in [0, 0.05) is 13.1 Å². The summed E-state index contributed by atoms with van der Waals surface area (Å²) in [7, 11) is 0. The second-order valence-electron chi connectivity index (χ2n) is 5.24. The lowest BCUT2D eigenvalue weighted by molar-refractivity contribution is -0.143. The molecule has 1 fully saturated rings. The van der Waals surface area contributed by atoms with Crippen molar-refractivity contribution < 1.29 is 19.4 Å². The minimum Gasteiger partial charge on any atom is -0.480 e. The van der Waals surface area contributed by atoms with E-state index in [2.05, 4.69) is 24.1 Å². The van der Waals surface area contributed by atoms with Crippen LogP contribution >= 0.6 is 0 Å². The molecule has 0 aromatic carbocycles. The highest BCUT2D eigenvalue weighted by Gasteiger charge is 2.33. The van der Waals surface area contributed by atoms with Gasteiger partial charge in [0.1, 0.15) is 6.04 Å². The highest BCUT2D eigenvalue weighted by molar-refractivity contribution is 5.87. The van der Waals surface area contributed by atoms with E-state index in [1.807, 2.05) is 0 Å². The molecule has 6 heteroatoms. The fourth-order valence-electron chi connectivity index (χ4n) is 2.63. The first-order valence-electron chi connectivity index (χ1n) is 7.36. The molecule has 1 rings (SSSR count). The number of hydrogen-bond donors (Lipinski definition) is 2. The first kappa shape index (κ1) is 16.9. The third-order valence-electron chi connectivity index (χ3n) is 3.93. The number of amides is 1. The molecular weight excluding hydrogens is 260 g/mol. The normalized spacial score (nSPS) is 19.6. The summed E-state index contributed by atoms with van der Waals surface area (Å²) >= 11 is 0. The smallest absolute Gasteiger partial charge is 0.325 e. The molecule has 0 spiro atoms. The first-order valence-corrected chi connectivity index (χ1v) is 7.36. The zero-order valence-corrected chi connectivity index (χ0v) is 12.6. The van der Waals surface area contributed by atoms with Crippen LogP contribution in [0.15, 0.2) is 0 Å². The quantitative estimate of drug-likeness (QED) is 0.721. The maximum absolute atomic E-state index is 12.5. The lowest BCUT2D eigenvalue weighted by Gasteiger charge is -2.37. The van der Waals surface area contributed by atoms with Crippen molar-refractivity contribution in [3.63, 3.8) is 0 Å². The van der Waals surface area contributed by atoms with Gasteiger partial charge in [-0.25, -0.2) is 0 Å². The zero-order valence-electron chi connectivity index (χ0n) is 12.6. The molecule has 2 atom stereocenters. The van der Waals surface area contributed by atoms with Crippen molar-refractivity contribution in [1.82, 2.24) is 10.2 Å². The predicted molar refractivity (Wildman–Crippen MR) is 75.5 cm³/mol. The lowest BCUT2D eigenvalue weighted by atomic mass is 9.91. The van der Waals surface area contributed by atoms with Gasteiger partial charge in [0.2, 0.25) is 5.91 Å². The molecule has 1 aliphatic heterocycles. The Morgan fingerprint density at radius 3 is 2.25 bits per heavy atom. The summed E-state index contributed by atoms with van der Waals surface area (Å²) in [4.78, 5) is 25.5. The average molecular weight is 286 g/mol. The molecule has 20 heavy (non-hydrogen) atoms. The van der Waals surface area contributed by atoms with Crippen LogP contribution in [0.2, 0.25) is 0 Å². The van der Waals surface area contributed by atoms with Gasteiger partial charge in [0.15, 0.2) is 0 Å². The van der Waals surface area contributed by atoms with Gasteiger partial charge in [0.05, 0.1) is 19.3 Å². The highest BCUT2D eigenvalue weighted by atomic mass is 16.5. The molecule has 1 aliphatic rings. The summed E-state index contributed by atoms with van der Waals surface area (Å²) in [5.74, 6) is -0.965. The minimum absolute atomic E-state index is 0.185.